The molecule has 0 radical (unpaired) electrons. The summed E-state index contributed by atoms with van der Waals surface area (Å²) in [5.74, 6) is 0.281. The Hall–Kier alpha value is -2.06. The van der Waals surface area contributed by atoms with E-state index in [1.807, 2.05) is 4.90 Å². The molecule has 3 rings (SSSR count). The number of hydrogen-bond donors (Lipinski definition) is 1. The number of nitro benzene ring substituents is 1. The van der Waals surface area contributed by atoms with Gasteiger partial charge in [-0.2, -0.15) is 0 Å². The molecule has 1 aromatic rings. The van der Waals surface area contributed by atoms with E-state index in [0.29, 0.717) is 23.1 Å². The van der Waals surface area contributed by atoms with Gasteiger partial charge in [-0.15, -0.1) is 0 Å². The van der Waals surface area contributed by atoms with Gasteiger partial charge in [0.1, 0.15) is 0 Å². The number of thiocarbonyl (C=S) groups is 1. The number of ether oxygens (including phenoxy) is 1. The lowest BCUT2D eigenvalue weighted by Gasteiger charge is -2.27. The number of nitrogens with zero attached hydrogens (tertiary/aromatic N) is 2. The van der Waals surface area contributed by atoms with Crippen molar-refractivity contribution in [2.24, 2.45) is 5.92 Å². The van der Waals surface area contributed by atoms with Crippen LogP contribution in [-0.2, 0) is 4.74 Å². The molecule has 2 aliphatic rings. The number of rotatable bonds is 6. The molecule has 25 heavy (non-hydrogen) atoms. The van der Waals surface area contributed by atoms with E-state index in [2.05, 4.69) is 5.32 Å². The average Bonchev–Trinajstić information content (AvgIpc) is 3.27. The fourth-order valence-electron chi connectivity index (χ4n) is 2.87. The van der Waals surface area contributed by atoms with Gasteiger partial charge in [0, 0.05) is 37.4 Å². The van der Waals surface area contributed by atoms with Crippen molar-refractivity contribution in [3.8, 4) is 0 Å². The first-order chi connectivity index (χ1) is 12.0. The second-order valence-corrected chi connectivity index (χ2v) is 6.93. The maximum atomic E-state index is 12.4. The van der Waals surface area contributed by atoms with Crippen molar-refractivity contribution in [3.63, 3.8) is 0 Å². The zero-order valence-electron chi connectivity index (χ0n) is 13.8. The fourth-order valence-corrected chi connectivity index (χ4v) is 3.11. The van der Waals surface area contributed by atoms with Crippen molar-refractivity contribution in [3.05, 3.63) is 39.9 Å². The summed E-state index contributed by atoms with van der Waals surface area (Å²) >= 11 is 5.43. The molecule has 1 atom stereocenters. The lowest BCUT2D eigenvalue weighted by atomic mass is 10.2. The van der Waals surface area contributed by atoms with E-state index >= 15 is 0 Å². The van der Waals surface area contributed by atoms with Gasteiger partial charge in [0.15, 0.2) is 5.11 Å². The summed E-state index contributed by atoms with van der Waals surface area (Å²) in [5.41, 5.74) is 0.296. The molecule has 1 heterocycles. The maximum Gasteiger partial charge on any atom is 0.269 e. The molecule has 1 saturated carbocycles. The first-order valence-electron chi connectivity index (χ1n) is 8.49. The van der Waals surface area contributed by atoms with Crippen LogP contribution in [0.1, 0.15) is 36.0 Å². The van der Waals surface area contributed by atoms with Crippen LogP contribution in [0.25, 0.3) is 0 Å². The van der Waals surface area contributed by atoms with Gasteiger partial charge in [-0.3, -0.25) is 20.2 Å². The molecule has 0 aromatic heterocycles. The highest BCUT2D eigenvalue weighted by Gasteiger charge is 2.28. The van der Waals surface area contributed by atoms with Crippen LogP contribution in [0.5, 0.6) is 0 Å². The van der Waals surface area contributed by atoms with E-state index in [9.17, 15) is 14.9 Å². The van der Waals surface area contributed by atoms with Crippen molar-refractivity contribution in [2.75, 3.05) is 19.7 Å². The molecule has 1 N–H and O–H groups in total. The molecular weight excluding hydrogens is 342 g/mol. The summed E-state index contributed by atoms with van der Waals surface area (Å²) in [6, 6.07) is 5.49. The lowest BCUT2D eigenvalue weighted by Crippen LogP contribution is -2.46. The molecule has 1 unspecified atom stereocenters. The fraction of sp³-hybridized carbons (Fsp3) is 0.529. The molecule has 2 fully saturated rings. The molecule has 1 aromatic carbocycles. The van der Waals surface area contributed by atoms with Crippen LogP contribution in [0.3, 0.4) is 0 Å². The Kier molecular flexibility index (Phi) is 5.60. The maximum absolute atomic E-state index is 12.4. The number of amides is 1. The molecule has 134 valence electrons. The summed E-state index contributed by atoms with van der Waals surface area (Å²) < 4.78 is 5.68. The second-order valence-electron chi connectivity index (χ2n) is 6.55. The zero-order valence-corrected chi connectivity index (χ0v) is 14.7. The number of benzene rings is 1. The molecule has 1 amide bonds. The third kappa shape index (κ3) is 4.96. The standard InChI is InChI=1S/C17H21N3O4S/c21-16(13-5-7-14(8-6-13)20(22)23)18-17(25)19(10-12-3-4-12)11-15-2-1-9-24-15/h5-8,12,15H,1-4,9-11H2,(H,18,21,25). The van der Waals surface area contributed by atoms with Gasteiger partial charge in [-0.25, -0.2) is 0 Å². The normalized spacial score (nSPS) is 19.4. The van der Waals surface area contributed by atoms with E-state index in [1.54, 1.807) is 0 Å². The predicted octanol–water partition coefficient (Wildman–Crippen LogP) is 2.50. The van der Waals surface area contributed by atoms with Crippen LogP contribution >= 0.6 is 12.2 Å². The van der Waals surface area contributed by atoms with Gasteiger partial charge in [0.2, 0.25) is 0 Å². The van der Waals surface area contributed by atoms with Gasteiger partial charge >= 0.3 is 0 Å². The van der Waals surface area contributed by atoms with Crippen molar-refractivity contribution in [1.82, 2.24) is 10.2 Å². The Labute approximate surface area is 151 Å². The van der Waals surface area contributed by atoms with E-state index in [-0.39, 0.29) is 17.7 Å². The number of carbonyl (C=O) groups is 1. The van der Waals surface area contributed by atoms with Crippen molar-refractivity contribution < 1.29 is 14.5 Å². The van der Waals surface area contributed by atoms with Gasteiger partial charge < -0.3 is 9.64 Å². The Bertz CT molecular complexity index is 654. The Morgan fingerprint density at radius 1 is 1.28 bits per heavy atom. The highest BCUT2D eigenvalue weighted by Crippen LogP contribution is 2.30. The first-order valence-corrected chi connectivity index (χ1v) is 8.90. The van der Waals surface area contributed by atoms with E-state index in [0.717, 1.165) is 26.0 Å². The monoisotopic (exact) mass is 363 g/mol. The third-order valence-electron chi connectivity index (χ3n) is 4.47. The van der Waals surface area contributed by atoms with E-state index < -0.39 is 4.92 Å². The van der Waals surface area contributed by atoms with Crippen molar-refractivity contribution in [2.45, 2.75) is 31.8 Å². The summed E-state index contributed by atoms with van der Waals surface area (Å²) in [6.45, 7) is 2.30. The number of hydrogen-bond acceptors (Lipinski definition) is 5. The minimum atomic E-state index is -0.495. The van der Waals surface area contributed by atoms with Crippen LogP contribution < -0.4 is 5.32 Å². The van der Waals surface area contributed by atoms with Gasteiger partial charge in [-0.05, 0) is 56.0 Å². The number of nitrogens with one attached hydrogen (secondary N) is 1. The molecular formula is C17H21N3O4S. The predicted molar refractivity (Wildman–Crippen MR) is 96.4 cm³/mol. The van der Waals surface area contributed by atoms with E-state index in [4.69, 9.17) is 17.0 Å². The lowest BCUT2D eigenvalue weighted by molar-refractivity contribution is -0.384. The molecule has 8 heteroatoms. The molecule has 1 saturated heterocycles. The summed E-state index contributed by atoms with van der Waals surface area (Å²) in [7, 11) is 0. The number of non-ortho nitro benzene ring substituents is 1. The highest BCUT2D eigenvalue weighted by molar-refractivity contribution is 7.80. The van der Waals surface area contributed by atoms with Crippen molar-refractivity contribution in [1.29, 1.82) is 0 Å². The number of nitro groups is 1. The van der Waals surface area contributed by atoms with E-state index in [1.165, 1.54) is 37.1 Å². The summed E-state index contributed by atoms with van der Waals surface area (Å²) in [4.78, 5) is 24.6. The second kappa shape index (κ2) is 7.88. The topological polar surface area (TPSA) is 84.7 Å². The SMILES string of the molecule is O=C(NC(=S)N(CC1CC1)CC1CCCO1)c1ccc([N+](=O)[O-])cc1. The molecule has 1 aliphatic carbocycles. The molecule has 0 spiro atoms. The minimum absolute atomic E-state index is 0.0483. The average molecular weight is 363 g/mol. The zero-order chi connectivity index (χ0) is 17.8. The number of carbonyl (C=O) groups excluding carboxylic acids is 1. The smallest absolute Gasteiger partial charge is 0.269 e. The van der Waals surface area contributed by atoms with Crippen LogP contribution in [0.2, 0.25) is 0 Å². The molecule has 7 nitrogen and oxygen atoms in total. The van der Waals surface area contributed by atoms with Gasteiger partial charge in [-0.1, -0.05) is 0 Å². The summed E-state index contributed by atoms with van der Waals surface area (Å²) in [6.07, 6.45) is 4.62. The van der Waals surface area contributed by atoms with Gasteiger partial charge in [0.05, 0.1) is 11.0 Å². The van der Waals surface area contributed by atoms with Crippen molar-refractivity contribution >= 4 is 28.9 Å². The van der Waals surface area contributed by atoms with Crippen LogP contribution in [-0.4, -0.2) is 46.6 Å². The largest absolute Gasteiger partial charge is 0.376 e. The van der Waals surface area contributed by atoms with Crippen LogP contribution in [0.4, 0.5) is 5.69 Å². The van der Waals surface area contributed by atoms with Crippen LogP contribution in [0, 0.1) is 16.0 Å². The molecule has 0 bridgehead atoms. The third-order valence-corrected chi connectivity index (χ3v) is 4.83. The van der Waals surface area contributed by atoms with Gasteiger partial charge in [0.25, 0.3) is 11.6 Å². The Morgan fingerprint density at radius 3 is 2.56 bits per heavy atom. The summed E-state index contributed by atoms with van der Waals surface area (Å²) in [5, 5.41) is 13.8. The quantitative estimate of drug-likeness (QED) is 0.475. The minimum Gasteiger partial charge on any atom is -0.376 e. The van der Waals surface area contributed by atoms with Crippen LogP contribution in [0.15, 0.2) is 24.3 Å². The molecule has 1 aliphatic heterocycles. The highest BCUT2D eigenvalue weighted by atomic mass is 32.1. The Morgan fingerprint density at radius 2 is 2.00 bits per heavy atom. The Balaban J connectivity index is 1.60. The first kappa shape index (κ1) is 17.8.